The molecule has 0 fully saturated rings. The van der Waals surface area contributed by atoms with E-state index in [0.29, 0.717) is 59.2 Å². The molecule has 13 heteroatoms. The van der Waals surface area contributed by atoms with Gasteiger partial charge in [0.2, 0.25) is 11.8 Å². The first kappa shape index (κ1) is 34.2. The molecular formula is C35H37F3N6O4. The summed E-state index contributed by atoms with van der Waals surface area (Å²) in [7, 11) is 0. The minimum absolute atomic E-state index is 0.210. The number of aromatic nitrogens is 2. The quantitative estimate of drug-likeness (QED) is 0.153. The maximum absolute atomic E-state index is 13.1. The van der Waals surface area contributed by atoms with Crippen molar-refractivity contribution in [1.82, 2.24) is 20.2 Å². The number of carbonyl (C=O) groups excluding carboxylic acids is 2. The van der Waals surface area contributed by atoms with Crippen LogP contribution in [-0.4, -0.2) is 65.8 Å². The molecule has 252 valence electrons. The number of anilines is 3. The van der Waals surface area contributed by atoms with Crippen molar-refractivity contribution in [1.29, 1.82) is 0 Å². The number of fused-ring (bicyclic) bond motifs is 1. The highest BCUT2D eigenvalue weighted by Gasteiger charge is 2.31. The molecule has 1 aromatic heterocycles. The lowest BCUT2D eigenvalue weighted by Gasteiger charge is -2.20. The molecule has 0 saturated heterocycles. The van der Waals surface area contributed by atoms with Gasteiger partial charge in [-0.2, -0.15) is 4.98 Å². The summed E-state index contributed by atoms with van der Waals surface area (Å²) in [5, 5.41) is 8.96. The average Bonchev–Trinajstić information content (AvgIpc) is 3.07. The third-order valence-corrected chi connectivity index (χ3v) is 7.90. The molecule has 10 nitrogen and oxygen atoms in total. The summed E-state index contributed by atoms with van der Waals surface area (Å²) in [4.78, 5) is 37.3. The van der Waals surface area contributed by atoms with Gasteiger partial charge in [-0.3, -0.25) is 9.59 Å². The third kappa shape index (κ3) is 8.79. The minimum Gasteiger partial charge on any atom is -0.477 e. The van der Waals surface area contributed by atoms with Gasteiger partial charge in [0.25, 0.3) is 11.8 Å². The molecule has 0 unspecified atom stereocenters. The molecule has 5 rings (SSSR count). The van der Waals surface area contributed by atoms with Crippen LogP contribution in [0.15, 0.2) is 66.7 Å². The van der Waals surface area contributed by atoms with Crippen molar-refractivity contribution in [3.05, 3.63) is 89.0 Å². The zero-order chi connectivity index (χ0) is 34.3. The van der Waals surface area contributed by atoms with Crippen molar-refractivity contribution >= 4 is 29.1 Å². The van der Waals surface area contributed by atoms with Gasteiger partial charge in [0.15, 0.2) is 0 Å². The van der Waals surface area contributed by atoms with Crippen LogP contribution in [-0.2, 0) is 6.42 Å². The third-order valence-electron chi connectivity index (χ3n) is 7.90. The average molecular weight is 663 g/mol. The van der Waals surface area contributed by atoms with E-state index in [0.717, 1.165) is 37.2 Å². The molecule has 0 saturated carbocycles. The number of hydrogen-bond acceptors (Lipinski definition) is 8. The predicted octanol–water partition coefficient (Wildman–Crippen LogP) is 6.74. The number of ether oxygens (including phenoxy) is 2. The Kier molecular flexibility index (Phi) is 10.8. The maximum atomic E-state index is 13.1. The minimum atomic E-state index is -4.79. The first-order chi connectivity index (χ1) is 23.0. The molecule has 2 amide bonds. The Morgan fingerprint density at radius 3 is 2.33 bits per heavy atom. The number of halogens is 3. The van der Waals surface area contributed by atoms with Crippen molar-refractivity contribution < 1.29 is 32.2 Å². The van der Waals surface area contributed by atoms with Crippen molar-refractivity contribution in [3.63, 3.8) is 0 Å². The Hall–Kier alpha value is -5.17. The van der Waals surface area contributed by atoms with E-state index in [1.165, 1.54) is 24.3 Å². The van der Waals surface area contributed by atoms with Gasteiger partial charge >= 0.3 is 6.36 Å². The Bertz CT molecular complexity index is 1740. The highest BCUT2D eigenvalue weighted by atomic mass is 19.4. The Balaban J connectivity index is 1.27. The lowest BCUT2D eigenvalue weighted by Crippen LogP contribution is -2.34. The number of alkyl halides is 3. The van der Waals surface area contributed by atoms with E-state index in [2.05, 4.69) is 49.4 Å². The second-order valence-corrected chi connectivity index (χ2v) is 11.2. The fraction of sp³-hybridized carbons (Fsp3) is 0.314. The molecule has 1 aliphatic rings. The summed E-state index contributed by atoms with van der Waals surface area (Å²) in [6.45, 7) is 9.58. The zero-order valence-corrected chi connectivity index (χ0v) is 26.9. The van der Waals surface area contributed by atoms with Crippen LogP contribution in [0.1, 0.15) is 52.1 Å². The first-order valence-corrected chi connectivity index (χ1v) is 15.7. The topological polar surface area (TPSA) is 118 Å². The number of nitrogens with one attached hydrogen (secondary N) is 3. The van der Waals surface area contributed by atoms with E-state index >= 15 is 0 Å². The van der Waals surface area contributed by atoms with Gasteiger partial charge < -0.3 is 30.3 Å². The van der Waals surface area contributed by atoms with E-state index < -0.39 is 6.36 Å². The Morgan fingerprint density at radius 2 is 1.65 bits per heavy atom. The molecule has 1 aliphatic heterocycles. The van der Waals surface area contributed by atoms with Gasteiger partial charge in [0.1, 0.15) is 5.75 Å². The normalized spacial score (nSPS) is 12.6. The van der Waals surface area contributed by atoms with Crippen LogP contribution < -0.4 is 25.4 Å². The molecule has 48 heavy (non-hydrogen) atoms. The largest absolute Gasteiger partial charge is 0.573 e. The second kappa shape index (κ2) is 15.2. The molecule has 4 aromatic rings. The molecule has 0 spiro atoms. The van der Waals surface area contributed by atoms with Crippen LogP contribution in [0.5, 0.6) is 11.6 Å². The summed E-state index contributed by atoms with van der Waals surface area (Å²) >= 11 is 0. The molecule has 3 N–H and O–H groups in total. The number of aryl methyl sites for hydroxylation is 1. The molecule has 3 aromatic carbocycles. The van der Waals surface area contributed by atoms with Gasteiger partial charge in [-0.05, 0) is 99.1 Å². The van der Waals surface area contributed by atoms with Crippen LogP contribution in [0.2, 0.25) is 0 Å². The van der Waals surface area contributed by atoms with E-state index in [9.17, 15) is 22.8 Å². The number of hydrogen-bond donors (Lipinski definition) is 3. The van der Waals surface area contributed by atoms with Crippen molar-refractivity contribution in [2.24, 2.45) is 0 Å². The molecule has 0 radical (unpaired) electrons. The van der Waals surface area contributed by atoms with Crippen LogP contribution in [0, 0.1) is 6.92 Å². The van der Waals surface area contributed by atoms with Gasteiger partial charge in [-0.25, -0.2) is 4.98 Å². The van der Waals surface area contributed by atoms with Crippen molar-refractivity contribution in [2.75, 3.05) is 43.4 Å². The Morgan fingerprint density at radius 1 is 0.938 bits per heavy atom. The fourth-order valence-electron chi connectivity index (χ4n) is 5.23. The molecule has 0 aliphatic carbocycles. The summed E-state index contributed by atoms with van der Waals surface area (Å²) < 4.78 is 47.7. The molecule has 2 heterocycles. The van der Waals surface area contributed by atoms with Gasteiger partial charge in [0, 0.05) is 46.7 Å². The summed E-state index contributed by atoms with van der Waals surface area (Å²) in [6, 6.07) is 17.4. The highest BCUT2D eigenvalue weighted by molar-refractivity contribution is 6.05. The number of carbonyl (C=O) groups is 2. The number of rotatable bonds is 12. The SMILES string of the molecule is CCN(CC)CCNC(=O)c1ccc(C)c(NC(=O)c2ccc(Nc3nc4c(c(-c5ccc(OC(F)(F)F)cc5)n3)CCCO4)cc2)c1. The Labute approximate surface area is 276 Å². The maximum Gasteiger partial charge on any atom is 0.573 e. The lowest BCUT2D eigenvalue weighted by molar-refractivity contribution is -0.274. The van der Waals surface area contributed by atoms with Crippen LogP contribution >= 0.6 is 0 Å². The van der Waals surface area contributed by atoms with Gasteiger partial charge in [-0.15, -0.1) is 13.2 Å². The molecular weight excluding hydrogens is 625 g/mol. The fourth-order valence-corrected chi connectivity index (χ4v) is 5.23. The van der Waals surface area contributed by atoms with Crippen molar-refractivity contribution in [3.8, 4) is 22.9 Å². The summed E-state index contributed by atoms with van der Waals surface area (Å²) in [5.74, 6) is -0.264. The van der Waals surface area contributed by atoms with Gasteiger partial charge in [-0.1, -0.05) is 19.9 Å². The van der Waals surface area contributed by atoms with E-state index in [1.54, 1.807) is 42.5 Å². The summed E-state index contributed by atoms with van der Waals surface area (Å²) in [5.41, 5.74) is 4.67. The van der Waals surface area contributed by atoms with Gasteiger partial charge in [0.05, 0.1) is 12.3 Å². The zero-order valence-electron chi connectivity index (χ0n) is 26.9. The second-order valence-electron chi connectivity index (χ2n) is 11.2. The number of amides is 2. The van der Waals surface area contributed by atoms with E-state index in [4.69, 9.17) is 4.74 Å². The molecule has 0 bridgehead atoms. The van der Waals surface area contributed by atoms with Crippen molar-refractivity contribution in [2.45, 2.75) is 40.0 Å². The smallest absolute Gasteiger partial charge is 0.477 e. The van der Waals surface area contributed by atoms with E-state index in [1.807, 2.05) is 6.92 Å². The van der Waals surface area contributed by atoms with Crippen LogP contribution in [0.25, 0.3) is 11.3 Å². The van der Waals surface area contributed by atoms with Crippen LogP contribution in [0.3, 0.4) is 0 Å². The van der Waals surface area contributed by atoms with Crippen LogP contribution in [0.4, 0.5) is 30.5 Å². The summed E-state index contributed by atoms with van der Waals surface area (Å²) in [6.07, 6.45) is -3.38. The standard InChI is InChI=1S/C35H37F3N6O4/c1-4-44(5-2)19-18-39-31(45)25-9-8-22(3)29(21-25)41-32(46)24-10-14-26(15-11-24)40-34-42-30(28-7-6-20-47-33(28)43-34)23-12-16-27(17-13-23)48-35(36,37)38/h8-17,21H,4-7,18-20H2,1-3H3,(H,39,45)(H,41,46)(H,40,42,43). The number of benzene rings is 3. The number of nitrogens with zero attached hydrogens (tertiary/aromatic N) is 3. The lowest BCUT2D eigenvalue weighted by atomic mass is 10.0. The highest BCUT2D eigenvalue weighted by Crippen LogP contribution is 2.35. The molecule has 0 atom stereocenters. The predicted molar refractivity (Wildman–Crippen MR) is 177 cm³/mol. The first-order valence-electron chi connectivity index (χ1n) is 15.7. The van der Waals surface area contributed by atoms with E-state index in [-0.39, 0.29) is 23.5 Å². The number of likely N-dealkylation sites (N-methyl/N-ethyl adjacent to an activating group) is 1. The monoisotopic (exact) mass is 662 g/mol.